The molecule has 2 atom stereocenters. The molecule has 1 aromatic carbocycles. The molecule has 1 heterocycles. The Morgan fingerprint density at radius 1 is 1.39 bits per heavy atom. The van der Waals surface area contributed by atoms with Gasteiger partial charge in [-0.1, -0.05) is 37.3 Å². The number of hydrogen-bond acceptors (Lipinski definition) is 2. The third-order valence-corrected chi connectivity index (χ3v) is 3.55. The largest absolute Gasteiger partial charge is 0.338 e. The molecule has 0 aromatic heterocycles. The first-order chi connectivity index (χ1) is 8.66. The van der Waals surface area contributed by atoms with Crippen LogP contribution in [0.1, 0.15) is 18.9 Å². The highest BCUT2D eigenvalue weighted by Gasteiger charge is 2.24. The van der Waals surface area contributed by atoms with Gasteiger partial charge in [-0.25, -0.2) is 0 Å². The molecule has 18 heavy (non-hydrogen) atoms. The molecule has 1 aliphatic heterocycles. The van der Waals surface area contributed by atoms with Crippen LogP contribution in [0.4, 0.5) is 0 Å². The Balaban J connectivity index is 1.94. The fourth-order valence-electron chi connectivity index (χ4n) is 2.14. The minimum atomic E-state index is 0.0567. The van der Waals surface area contributed by atoms with E-state index in [2.05, 4.69) is 6.92 Å². The number of carbonyl (C=O) groups is 1. The van der Waals surface area contributed by atoms with Crippen molar-refractivity contribution in [3.8, 4) is 0 Å². The Labute approximate surface area is 108 Å². The van der Waals surface area contributed by atoms with Crippen molar-refractivity contribution < 1.29 is 4.79 Å². The first-order valence-corrected chi connectivity index (χ1v) is 6.44. The van der Waals surface area contributed by atoms with Gasteiger partial charge in [-0.3, -0.25) is 4.79 Å². The lowest BCUT2D eigenvalue weighted by atomic mass is 9.94. The van der Waals surface area contributed by atoms with Crippen molar-refractivity contribution in [2.24, 2.45) is 11.7 Å². The van der Waals surface area contributed by atoms with E-state index in [9.17, 15) is 4.79 Å². The Morgan fingerprint density at radius 3 is 2.78 bits per heavy atom. The van der Waals surface area contributed by atoms with E-state index in [1.807, 2.05) is 41.3 Å². The summed E-state index contributed by atoms with van der Waals surface area (Å²) < 4.78 is 0. The number of piperidine rings is 1. The van der Waals surface area contributed by atoms with E-state index in [-0.39, 0.29) is 11.9 Å². The average Bonchev–Trinajstić information content (AvgIpc) is 2.40. The average molecular weight is 244 g/mol. The molecule has 2 N–H and O–H groups in total. The first-order valence-electron chi connectivity index (χ1n) is 6.44. The van der Waals surface area contributed by atoms with Crippen LogP contribution in [0.5, 0.6) is 0 Å². The fraction of sp³-hybridized carbons (Fsp3) is 0.400. The number of nitrogens with zero attached hydrogens (tertiary/aromatic N) is 1. The van der Waals surface area contributed by atoms with E-state index >= 15 is 0 Å². The third-order valence-electron chi connectivity index (χ3n) is 3.55. The normalized spacial score (nSPS) is 24.4. The lowest BCUT2D eigenvalue weighted by Crippen LogP contribution is -2.49. The predicted octanol–water partition coefficient (Wildman–Crippen LogP) is 1.90. The Morgan fingerprint density at radius 2 is 2.11 bits per heavy atom. The van der Waals surface area contributed by atoms with Crippen LogP contribution in [0.15, 0.2) is 36.4 Å². The van der Waals surface area contributed by atoms with Crippen LogP contribution in [0, 0.1) is 5.92 Å². The van der Waals surface area contributed by atoms with Crippen molar-refractivity contribution in [2.75, 3.05) is 13.1 Å². The third kappa shape index (κ3) is 3.20. The summed E-state index contributed by atoms with van der Waals surface area (Å²) in [6.07, 6.45) is 4.48. The summed E-state index contributed by atoms with van der Waals surface area (Å²) in [6.45, 7) is 3.62. The van der Waals surface area contributed by atoms with Gasteiger partial charge in [0.25, 0.3) is 0 Å². The molecule has 1 amide bonds. The summed E-state index contributed by atoms with van der Waals surface area (Å²) >= 11 is 0. The number of hydrogen-bond donors (Lipinski definition) is 1. The van der Waals surface area contributed by atoms with E-state index in [0.29, 0.717) is 12.5 Å². The molecule has 0 aliphatic carbocycles. The van der Waals surface area contributed by atoms with Crippen LogP contribution in [0.25, 0.3) is 6.08 Å². The summed E-state index contributed by atoms with van der Waals surface area (Å²) in [7, 11) is 0. The minimum absolute atomic E-state index is 0.0567. The molecule has 0 spiro atoms. The summed E-state index contributed by atoms with van der Waals surface area (Å²) in [4.78, 5) is 13.8. The van der Waals surface area contributed by atoms with Crippen LogP contribution in [0.2, 0.25) is 0 Å². The van der Waals surface area contributed by atoms with Crippen molar-refractivity contribution >= 4 is 12.0 Å². The van der Waals surface area contributed by atoms with E-state index in [4.69, 9.17) is 5.73 Å². The SMILES string of the molecule is CC1CCN(C(=O)C=Cc2ccccc2)CC1N. The highest BCUT2D eigenvalue weighted by Crippen LogP contribution is 2.15. The standard InChI is InChI=1S/C15H20N2O/c1-12-9-10-17(11-14(12)16)15(18)8-7-13-5-3-2-4-6-13/h2-8,12,14H,9-11,16H2,1H3. The van der Waals surface area contributed by atoms with E-state index in [1.54, 1.807) is 6.08 Å². The maximum atomic E-state index is 12.0. The molecule has 1 fully saturated rings. The molecule has 1 aliphatic rings. The van der Waals surface area contributed by atoms with Gasteiger partial charge in [0.05, 0.1) is 0 Å². The van der Waals surface area contributed by atoms with Crippen LogP contribution in [-0.2, 0) is 4.79 Å². The number of benzene rings is 1. The minimum Gasteiger partial charge on any atom is -0.338 e. The summed E-state index contributed by atoms with van der Waals surface area (Å²) in [5, 5.41) is 0. The van der Waals surface area contributed by atoms with Crippen LogP contribution in [0.3, 0.4) is 0 Å². The van der Waals surface area contributed by atoms with Gasteiger partial charge in [0, 0.05) is 25.2 Å². The molecular formula is C15H20N2O. The zero-order chi connectivity index (χ0) is 13.0. The van der Waals surface area contributed by atoms with Crippen molar-refractivity contribution in [3.63, 3.8) is 0 Å². The van der Waals surface area contributed by atoms with Crippen LogP contribution in [-0.4, -0.2) is 29.9 Å². The van der Waals surface area contributed by atoms with Gasteiger partial charge in [-0.15, -0.1) is 0 Å². The molecule has 1 aromatic rings. The second-order valence-electron chi connectivity index (χ2n) is 4.96. The maximum absolute atomic E-state index is 12.0. The highest BCUT2D eigenvalue weighted by atomic mass is 16.2. The van der Waals surface area contributed by atoms with Gasteiger partial charge >= 0.3 is 0 Å². The molecule has 1 saturated heterocycles. The van der Waals surface area contributed by atoms with Gasteiger partial charge in [0.1, 0.15) is 0 Å². The number of nitrogens with two attached hydrogens (primary N) is 1. The number of likely N-dealkylation sites (tertiary alicyclic amines) is 1. The second kappa shape index (κ2) is 5.83. The topological polar surface area (TPSA) is 46.3 Å². The predicted molar refractivity (Wildman–Crippen MR) is 73.8 cm³/mol. The summed E-state index contributed by atoms with van der Waals surface area (Å²) in [5.74, 6) is 0.563. The Hall–Kier alpha value is -1.61. The van der Waals surface area contributed by atoms with Crippen LogP contribution >= 0.6 is 0 Å². The molecule has 2 unspecified atom stereocenters. The number of rotatable bonds is 2. The van der Waals surface area contributed by atoms with Crippen molar-refractivity contribution in [1.82, 2.24) is 4.90 Å². The maximum Gasteiger partial charge on any atom is 0.246 e. The molecule has 3 heteroatoms. The molecular weight excluding hydrogens is 224 g/mol. The van der Waals surface area contributed by atoms with Gasteiger partial charge in [0.15, 0.2) is 0 Å². The summed E-state index contributed by atoms with van der Waals surface area (Å²) in [5.41, 5.74) is 7.04. The van der Waals surface area contributed by atoms with Crippen molar-refractivity contribution in [1.29, 1.82) is 0 Å². The lowest BCUT2D eigenvalue weighted by molar-refractivity contribution is -0.127. The Kier molecular flexibility index (Phi) is 4.15. The van der Waals surface area contributed by atoms with Gasteiger partial charge < -0.3 is 10.6 Å². The second-order valence-corrected chi connectivity index (χ2v) is 4.96. The molecule has 2 rings (SSSR count). The zero-order valence-corrected chi connectivity index (χ0v) is 10.8. The van der Waals surface area contributed by atoms with E-state index in [1.165, 1.54) is 0 Å². The van der Waals surface area contributed by atoms with Gasteiger partial charge in [0.2, 0.25) is 5.91 Å². The number of amides is 1. The highest BCUT2D eigenvalue weighted by molar-refractivity contribution is 5.91. The van der Waals surface area contributed by atoms with Crippen molar-refractivity contribution in [3.05, 3.63) is 42.0 Å². The quantitative estimate of drug-likeness (QED) is 0.808. The summed E-state index contributed by atoms with van der Waals surface area (Å²) in [6, 6.07) is 9.95. The van der Waals surface area contributed by atoms with E-state index in [0.717, 1.165) is 18.5 Å². The van der Waals surface area contributed by atoms with E-state index < -0.39 is 0 Å². The monoisotopic (exact) mass is 244 g/mol. The van der Waals surface area contributed by atoms with Gasteiger partial charge in [-0.2, -0.15) is 0 Å². The molecule has 3 nitrogen and oxygen atoms in total. The zero-order valence-electron chi connectivity index (χ0n) is 10.8. The molecule has 0 bridgehead atoms. The molecule has 96 valence electrons. The fourth-order valence-corrected chi connectivity index (χ4v) is 2.14. The Bertz CT molecular complexity index is 427. The van der Waals surface area contributed by atoms with Gasteiger partial charge in [-0.05, 0) is 24.0 Å². The smallest absolute Gasteiger partial charge is 0.246 e. The molecule has 0 saturated carbocycles. The lowest BCUT2D eigenvalue weighted by Gasteiger charge is -2.34. The first kappa shape index (κ1) is 12.8. The molecule has 0 radical (unpaired) electrons. The number of carbonyl (C=O) groups excluding carboxylic acids is 1. The van der Waals surface area contributed by atoms with Crippen LogP contribution < -0.4 is 5.73 Å². The van der Waals surface area contributed by atoms with Crippen molar-refractivity contribution in [2.45, 2.75) is 19.4 Å².